The Kier molecular flexibility index (Phi) is 4.78. The third kappa shape index (κ3) is 3.34. The molecule has 0 bridgehead atoms. The molecule has 0 aliphatic carbocycles. The fourth-order valence-electron chi connectivity index (χ4n) is 3.82. The number of likely N-dealkylation sites (tertiary alicyclic amines) is 1. The predicted molar refractivity (Wildman–Crippen MR) is 101 cm³/mol. The number of amides is 1. The Labute approximate surface area is 164 Å². The Morgan fingerprint density at radius 2 is 2.18 bits per heavy atom. The molecule has 9 heteroatoms. The molecule has 0 saturated carbocycles. The van der Waals surface area contributed by atoms with Gasteiger partial charge in [0, 0.05) is 44.9 Å². The van der Waals surface area contributed by atoms with Crippen molar-refractivity contribution in [3.8, 4) is 0 Å². The zero-order valence-electron chi connectivity index (χ0n) is 16.8. The molecular formula is C19H26N6O3. The van der Waals surface area contributed by atoms with Crippen molar-refractivity contribution in [1.29, 1.82) is 0 Å². The summed E-state index contributed by atoms with van der Waals surface area (Å²) in [5, 5.41) is 3.94. The number of hydrogen-bond acceptors (Lipinski definition) is 8. The Hall–Kier alpha value is -2.55. The molecule has 0 N–H and O–H groups in total. The molecule has 4 rings (SSSR count). The monoisotopic (exact) mass is 386 g/mol. The summed E-state index contributed by atoms with van der Waals surface area (Å²) in [5.74, 6) is 1.82. The maximum absolute atomic E-state index is 12.8. The summed E-state index contributed by atoms with van der Waals surface area (Å²) >= 11 is 0. The van der Waals surface area contributed by atoms with Crippen LogP contribution in [0.5, 0.6) is 0 Å². The van der Waals surface area contributed by atoms with Gasteiger partial charge in [0.05, 0.1) is 30.7 Å². The van der Waals surface area contributed by atoms with Gasteiger partial charge in [-0.15, -0.1) is 0 Å². The maximum atomic E-state index is 12.8. The molecule has 1 saturated heterocycles. The SMILES string of the molecule is CC(C)c1nc(CC(=O)N2CC[C@]3(COCc4cnc(N(C)C)nc43)C2)no1. The van der Waals surface area contributed by atoms with Gasteiger partial charge in [-0.25, -0.2) is 9.97 Å². The van der Waals surface area contributed by atoms with Gasteiger partial charge in [-0.2, -0.15) is 4.98 Å². The van der Waals surface area contributed by atoms with Gasteiger partial charge >= 0.3 is 0 Å². The van der Waals surface area contributed by atoms with Crippen molar-refractivity contribution in [2.24, 2.45) is 0 Å². The van der Waals surface area contributed by atoms with Gasteiger partial charge in [-0.1, -0.05) is 19.0 Å². The Morgan fingerprint density at radius 1 is 1.36 bits per heavy atom. The molecule has 1 fully saturated rings. The molecule has 150 valence electrons. The third-order valence-electron chi connectivity index (χ3n) is 5.38. The minimum atomic E-state index is -0.280. The van der Waals surface area contributed by atoms with E-state index in [9.17, 15) is 4.79 Å². The number of nitrogens with zero attached hydrogens (tertiary/aromatic N) is 6. The van der Waals surface area contributed by atoms with Crippen LogP contribution < -0.4 is 4.90 Å². The second-order valence-corrected chi connectivity index (χ2v) is 8.16. The first-order chi connectivity index (χ1) is 13.4. The number of anilines is 1. The molecule has 1 spiro atoms. The molecule has 1 atom stereocenters. The van der Waals surface area contributed by atoms with Crippen molar-refractivity contribution in [2.75, 3.05) is 38.7 Å². The van der Waals surface area contributed by atoms with E-state index >= 15 is 0 Å². The lowest BCUT2D eigenvalue weighted by Gasteiger charge is -2.34. The van der Waals surface area contributed by atoms with Crippen LogP contribution in [0.3, 0.4) is 0 Å². The summed E-state index contributed by atoms with van der Waals surface area (Å²) in [6.45, 7) is 6.28. The van der Waals surface area contributed by atoms with Crippen LogP contribution in [-0.2, 0) is 28.0 Å². The number of aromatic nitrogens is 4. The van der Waals surface area contributed by atoms with Crippen LogP contribution >= 0.6 is 0 Å². The summed E-state index contributed by atoms with van der Waals surface area (Å²) in [5.41, 5.74) is 1.73. The van der Waals surface area contributed by atoms with E-state index in [-0.39, 0.29) is 23.7 Å². The van der Waals surface area contributed by atoms with Crippen LogP contribution in [0.1, 0.15) is 49.2 Å². The van der Waals surface area contributed by atoms with Gasteiger partial charge in [0.1, 0.15) is 0 Å². The molecule has 28 heavy (non-hydrogen) atoms. The zero-order chi connectivity index (χ0) is 19.9. The van der Waals surface area contributed by atoms with E-state index in [1.54, 1.807) is 0 Å². The van der Waals surface area contributed by atoms with E-state index in [2.05, 4.69) is 15.1 Å². The molecule has 2 aromatic rings. The molecule has 0 radical (unpaired) electrons. The van der Waals surface area contributed by atoms with Crippen molar-refractivity contribution in [2.45, 2.75) is 44.6 Å². The second-order valence-electron chi connectivity index (χ2n) is 8.16. The van der Waals surface area contributed by atoms with Crippen molar-refractivity contribution < 1.29 is 14.1 Å². The first-order valence-electron chi connectivity index (χ1n) is 9.60. The summed E-state index contributed by atoms with van der Waals surface area (Å²) in [6, 6.07) is 0. The molecule has 0 unspecified atom stereocenters. The number of fused-ring (bicyclic) bond motifs is 2. The average molecular weight is 386 g/mol. The highest BCUT2D eigenvalue weighted by Gasteiger charge is 2.46. The highest BCUT2D eigenvalue weighted by molar-refractivity contribution is 5.78. The van der Waals surface area contributed by atoms with E-state index in [1.807, 2.05) is 43.9 Å². The predicted octanol–water partition coefficient (Wildman–Crippen LogP) is 1.29. The summed E-state index contributed by atoms with van der Waals surface area (Å²) in [4.78, 5) is 30.1. The largest absolute Gasteiger partial charge is 0.376 e. The summed E-state index contributed by atoms with van der Waals surface area (Å²) in [6.07, 6.45) is 2.81. The normalized spacial score (nSPS) is 21.4. The number of carbonyl (C=O) groups is 1. The molecule has 9 nitrogen and oxygen atoms in total. The van der Waals surface area contributed by atoms with Crippen molar-refractivity contribution in [3.63, 3.8) is 0 Å². The number of rotatable bonds is 4. The zero-order valence-corrected chi connectivity index (χ0v) is 16.8. The van der Waals surface area contributed by atoms with Crippen LogP contribution in [-0.4, -0.2) is 64.7 Å². The van der Waals surface area contributed by atoms with E-state index in [1.165, 1.54) is 0 Å². The molecule has 2 aromatic heterocycles. The summed E-state index contributed by atoms with van der Waals surface area (Å²) in [7, 11) is 3.85. The van der Waals surface area contributed by atoms with Crippen LogP contribution in [0.4, 0.5) is 5.95 Å². The molecule has 2 aliphatic rings. The minimum absolute atomic E-state index is 0.00185. The lowest BCUT2D eigenvalue weighted by molar-refractivity contribution is -0.130. The highest BCUT2D eigenvalue weighted by atomic mass is 16.5. The van der Waals surface area contributed by atoms with E-state index in [4.69, 9.17) is 14.2 Å². The fraction of sp³-hybridized carbons (Fsp3) is 0.632. The Balaban J connectivity index is 1.52. The topological polar surface area (TPSA) is 97.5 Å². The first kappa shape index (κ1) is 18.8. The van der Waals surface area contributed by atoms with E-state index in [0.29, 0.717) is 44.0 Å². The maximum Gasteiger partial charge on any atom is 0.230 e. The molecule has 0 aromatic carbocycles. The Morgan fingerprint density at radius 3 is 2.89 bits per heavy atom. The van der Waals surface area contributed by atoms with E-state index in [0.717, 1.165) is 17.7 Å². The first-order valence-corrected chi connectivity index (χ1v) is 9.60. The van der Waals surface area contributed by atoms with Crippen LogP contribution in [0, 0.1) is 0 Å². The fourth-order valence-corrected chi connectivity index (χ4v) is 3.82. The highest BCUT2D eigenvalue weighted by Crippen LogP contribution is 2.39. The number of carbonyl (C=O) groups excluding carboxylic acids is 1. The van der Waals surface area contributed by atoms with Crippen molar-refractivity contribution in [3.05, 3.63) is 29.2 Å². The minimum Gasteiger partial charge on any atom is -0.376 e. The third-order valence-corrected chi connectivity index (χ3v) is 5.38. The smallest absolute Gasteiger partial charge is 0.230 e. The van der Waals surface area contributed by atoms with Gasteiger partial charge in [-0.3, -0.25) is 4.79 Å². The standard InChI is InChI=1S/C19H26N6O3/c1-12(2)17-21-14(23-28-17)7-15(26)25-6-5-19(10-25)11-27-9-13-8-20-18(24(3)4)22-16(13)19/h8,12H,5-7,9-11H2,1-4H3/t19-/m1/s1. The van der Waals surface area contributed by atoms with Gasteiger partial charge in [0.25, 0.3) is 0 Å². The van der Waals surface area contributed by atoms with E-state index < -0.39 is 0 Å². The van der Waals surface area contributed by atoms with Crippen LogP contribution in [0.2, 0.25) is 0 Å². The number of hydrogen-bond donors (Lipinski definition) is 0. The van der Waals surface area contributed by atoms with Crippen LogP contribution in [0.15, 0.2) is 10.7 Å². The molecule has 2 aliphatic heterocycles. The number of ether oxygens (including phenoxy) is 1. The van der Waals surface area contributed by atoms with Crippen LogP contribution in [0.25, 0.3) is 0 Å². The molecular weight excluding hydrogens is 360 g/mol. The lowest BCUT2D eigenvalue weighted by atomic mass is 9.80. The van der Waals surface area contributed by atoms with Gasteiger partial charge in [-0.05, 0) is 6.42 Å². The quantitative estimate of drug-likeness (QED) is 0.775. The lowest BCUT2D eigenvalue weighted by Crippen LogP contribution is -2.42. The Bertz CT molecular complexity index is 880. The second kappa shape index (κ2) is 7.12. The van der Waals surface area contributed by atoms with Gasteiger partial charge < -0.3 is 19.1 Å². The summed E-state index contributed by atoms with van der Waals surface area (Å²) < 4.78 is 11.0. The molecule has 4 heterocycles. The molecule has 1 amide bonds. The average Bonchev–Trinajstić information content (AvgIpc) is 3.30. The van der Waals surface area contributed by atoms with Gasteiger partial charge in [0.2, 0.25) is 17.7 Å². The van der Waals surface area contributed by atoms with Crippen molar-refractivity contribution >= 4 is 11.9 Å². The van der Waals surface area contributed by atoms with Crippen molar-refractivity contribution in [1.82, 2.24) is 25.0 Å². The van der Waals surface area contributed by atoms with Gasteiger partial charge in [0.15, 0.2) is 5.82 Å².